The molecule has 0 aromatic heterocycles. The standard InChI is InChI=1S/C13H10Cl6OS2/c1-5-3-13(19,22(20)4-6(5)2)21-12-10(17)8(15)7(14)9(16)11(12)18/h3-4H2,1-2H3. The van der Waals surface area contributed by atoms with Crippen LogP contribution in [0.5, 0.6) is 0 Å². The molecule has 1 aliphatic rings. The van der Waals surface area contributed by atoms with Crippen LogP contribution in [0, 0.1) is 0 Å². The van der Waals surface area contributed by atoms with Gasteiger partial charge in [0.2, 0.25) is 0 Å². The molecule has 0 radical (unpaired) electrons. The number of hydrogen-bond donors (Lipinski definition) is 0. The number of rotatable bonds is 2. The van der Waals surface area contributed by atoms with Crippen molar-refractivity contribution in [3.05, 3.63) is 36.3 Å². The number of thioether (sulfide) groups is 1. The maximum atomic E-state index is 12.5. The molecule has 0 amide bonds. The fourth-order valence-corrected chi connectivity index (χ4v) is 6.97. The molecule has 1 heterocycles. The van der Waals surface area contributed by atoms with Crippen molar-refractivity contribution in [1.29, 1.82) is 0 Å². The Bertz CT molecular complexity index is 673. The molecule has 1 aromatic rings. The summed E-state index contributed by atoms with van der Waals surface area (Å²) >= 11 is 38.2. The van der Waals surface area contributed by atoms with Crippen molar-refractivity contribution >= 4 is 92.2 Å². The molecule has 0 bridgehead atoms. The van der Waals surface area contributed by atoms with Crippen LogP contribution in [0.25, 0.3) is 0 Å². The predicted octanol–water partition coefficient (Wildman–Crippen LogP) is 7.43. The van der Waals surface area contributed by atoms with Gasteiger partial charge in [0.05, 0.1) is 40.8 Å². The Labute approximate surface area is 166 Å². The molecule has 2 unspecified atom stereocenters. The van der Waals surface area contributed by atoms with Crippen LogP contribution in [0.3, 0.4) is 0 Å². The average Bonchev–Trinajstić information content (AvgIpc) is 2.46. The van der Waals surface area contributed by atoms with Gasteiger partial charge in [0.1, 0.15) is 0 Å². The Morgan fingerprint density at radius 1 is 0.909 bits per heavy atom. The highest BCUT2D eigenvalue weighted by molar-refractivity contribution is 8.14. The first-order valence-corrected chi connectivity index (χ1v) is 10.4. The summed E-state index contributed by atoms with van der Waals surface area (Å²) in [6, 6.07) is 0. The maximum absolute atomic E-state index is 12.5. The van der Waals surface area contributed by atoms with E-state index >= 15 is 0 Å². The molecule has 1 aromatic carbocycles. The van der Waals surface area contributed by atoms with Crippen LogP contribution in [0.15, 0.2) is 16.0 Å². The van der Waals surface area contributed by atoms with Gasteiger partial charge in [-0.05, 0) is 13.8 Å². The van der Waals surface area contributed by atoms with Crippen molar-refractivity contribution in [2.45, 2.75) is 28.7 Å². The first-order chi connectivity index (χ1) is 10.1. The number of benzene rings is 1. The summed E-state index contributed by atoms with van der Waals surface area (Å²) in [7, 11) is -1.30. The van der Waals surface area contributed by atoms with E-state index in [-0.39, 0.29) is 25.1 Å². The molecule has 2 rings (SSSR count). The van der Waals surface area contributed by atoms with Crippen molar-refractivity contribution in [2.24, 2.45) is 0 Å². The molecule has 122 valence electrons. The maximum Gasteiger partial charge on any atom is 0.173 e. The Balaban J connectivity index is 2.50. The smallest absolute Gasteiger partial charge is 0.173 e. The first kappa shape index (κ1) is 19.5. The lowest BCUT2D eigenvalue weighted by Gasteiger charge is -2.32. The summed E-state index contributed by atoms with van der Waals surface area (Å²) in [6.07, 6.45) is 0.447. The van der Waals surface area contributed by atoms with Crippen molar-refractivity contribution in [2.75, 3.05) is 5.75 Å². The lowest BCUT2D eigenvalue weighted by molar-refractivity contribution is 0.675. The minimum atomic E-state index is -1.30. The van der Waals surface area contributed by atoms with Gasteiger partial charge in [0.15, 0.2) is 3.54 Å². The second-order valence-electron chi connectivity index (χ2n) is 4.89. The Kier molecular flexibility index (Phi) is 6.40. The highest BCUT2D eigenvalue weighted by atomic mass is 35.5. The number of hydrogen-bond acceptors (Lipinski definition) is 2. The molecule has 0 saturated carbocycles. The molecule has 0 N–H and O–H groups in total. The molecular formula is C13H10Cl6OS2. The van der Waals surface area contributed by atoms with Crippen molar-refractivity contribution < 1.29 is 4.21 Å². The van der Waals surface area contributed by atoms with Gasteiger partial charge < -0.3 is 0 Å². The van der Waals surface area contributed by atoms with Crippen LogP contribution in [0.1, 0.15) is 20.3 Å². The molecule has 0 saturated heterocycles. The van der Waals surface area contributed by atoms with Crippen molar-refractivity contribution in [3.63, 3.8) is 0 Å². The van der Waals surface area contributed by atoms with Gasteiger partial charge >= 0.3 is 0 Å². The summed E-state index contributed by atoms with van der Waals surface area (Å²) in [5, 5.41) is 0.609. The van der Waals surface area contributed by atoms with Gasteiger partial charge in [-0.3, -0.25) is 4.21 Å². The average molecular weight is 459 g/mol. The zero-order valence-electron chi connectivity index (χ0n) is 11.4. The molecule has 0 aliphatic carbocycles. The predicted molar refractivity (Wildman–Crippen MR) is 102 cm³/mol. The van der Waals surface area contributed by atoms with Crippen LogP contribution < -0.4 is 0 Å². The van der Waals surface area contributed by atoms with Gasteiger partial charge in [-0.25, -0.2) is 0 Å². The van der Waals surface area contributed by atoms with Crippen molar-refractivity contribution in [3.8, 4) is 0 Å². The number of allylic oxidation sites excluding steroid dienone is 1. The zero-order valence-corrected chi connectivity index (χ0v) is 17.6. The second-order valence-corrected chi connectivity index (χ2v) is 11.1. The monoisotopic (exact) mass is 456 g/mol. The van der Waals surface area contributed by atoms with Crippen LogP contribution in [0.2, 0.25) is 25.1 Å². The minimum Gasteiger partial charge on any atom is -0.257 e. The molecule has 22 heavy (non-hydrogen) atoms. The second kappa shape index (κ2) is 7.21. The third-order valence-electron chi connectivity index (χ3n) is 3.32. The Hall–Kier alpha value is 1.20. The highest BCUT2D eigenvalue weighted by Gasteiger charge is 2.41. The van der Waals surface area contributed by atoms with Gasteiger partial charge in [-0.2, -0.15) is 0 Å². The molecule has 9 heteroatoms. The summed E-state index contributed by atoms with van der Waals surface area (Å²) in [5.74, 6) is 0.409. The van der Waals surface area contributed by atoms with Gasteiger partial charge in [0.25, 0.3) is 0 Å². The molecule has 0 fully saturated rings. The Morgan fingerprint density at radius 2 is 1.36 bits per heavy atom. The molecule has 0 spiro atoms. The lowest BCUT2D eigenvalue weighted by Crippen LogP contribution is -2.30. The Morgan fingerprint density at radius 3 is 1.86 bits per heavy atom. The summed E-state index contributed by atoms with van der Waals surface area (Å²) in [6.45, 7) is 3.92. The fraction of sp³-hybridized carbons (Fsp3) is 0.385. The van der Waals surface area contributed by atoms with E-state index in [0.29, 0.717) is 17.1 Å². The van der Waals surface area contributed by atoms with E-state index in [1.54, 1.807) is 0 Å². The molecular weight excluding hydrogens is 449 g/mol. The van der Waals surface area contributed by atoms with Crippen molar-refractivity contribution in [1.82, 2.24) is 0 Å². The third-order valence-corrected chi connectivity index (χ3v) is 10.1. The van der Waals surface area contributed by atoms with E-state index in [1.165, 1.54) is 0 Å². The van der Waals surface area contributed by atoms with Gasteiger partial charge in [-0.1, -0.05) is 92.5 Å². The molecule has 1 aliphatic heterocycles. The van der Waals surface area contributed by atoms with E-state index in [9.17, 15) is 4.21 Å². The summed E-state index contributed by atoms with van der Waals surface area (Å²) in [4.78, 5) is 0.387. The number of alkyl halides is 1. The lowest BCUT2D eigenvalue weighted by atomic mass is 10.1. The SMILES string of the molecule is CC1=C(C)CC(Cl)(Sc2c(Cl)c(Cl)c(Cl)c(Cl)c2Cl)S(=O)C1. The van der Waals surface area contributed by atoms with Crippen LogP contribution >= 0.6 is 81.4 Å². The van der Waals surface area contributed by atoms with Gasteiger partial charge in [0, 0.05) is 12.2 Å². The van der Waals surface area contributed by atoms with Crippen LogP contribution in [-0.2, 0) is 10.8 Å². The first-order valence-electron chi connectivity index (χ1n) is 6.01. The summed E-state index contributed by atoms with van der Waals surface area (Å²) in [5.41, 5.74) is 2.18. The highest BCUT2D eigenvalue weighted by Crippen LogP contribution is 2.55. The molecule has 2 atom stereocenters. The fourth-order valence-electron chi connectivity index (χ4n) is 1.89. The number of halogens is 6. The van der Waals surface area contributed by atoms with E-state index in [2.05, 4.69) is 0 Å². The van der Waals surface area contributed by atoms with E-state index < -0.39 is 14.3 Å². The van der Waals surface area contributed by atoms with E-state index in [4.69, 9.17) is 69.6 Å². The largest absolute Gasteiger partial charge is 0.257 e. The topological polar surface area (TPSA) is 17.1 Å². The minimum absolute atomic E-state index is 0.0861. The normalized spacial score (nSPS) is 25.7. The summed E-state index contributed by atoms with van der Waals surface area (Å²) < 4.78 is 11.4. The quantitative estimate of drug-likeness (QED) is 0.198. The van der Waals surface area contributed by atoms with Gasteiger partial charge in [-0.15, -0.1) is 0 Å². The molecule has 1 nitrogen and oxygen atoms in total. The van der Waals surface area contributed by atoms with E-state index in [0.717, 1.165) is 22.9 Å². The zero-order chi connectivity index (χ0) is 16.8. The third kappa shape index (κ3) is 3.57. The van der Waals surface area contributed by atoms with E-state index in [1.807, 2.05) is 13.8 Å². The van der Waals surface area contributed by atoms with Crippen LogP contribution in [0.4, 0.5) is 0 Å². The van der Waals surface area contributed by atoms with Crippen LogP contribution in [-0.4, -0.2) is 13.5 Å².